The molecular weight excluding hydrogens is 323 g/mol. The van der Waals surface area contributed by atoms with Crippen LogP contribution in [0.25, 0.3) is 10.6 Å². The van der Waals surface area contributed by atoms with Gasteiger partial charge >= 0.3 is 0 Å². The molecule has 0 atom stereocenters. The highest BCUT2D eigenvalue weighted by Gasteiger charge is 2.12. The first-order valence-electron chi connectivity index (χ1n) is 7.65. The summed E-state index contributed by atoms with van der Waals surface area (Å²) in [4.78, 5) is 18.5. The molecule has 1 heterocycles. The molecule has 0 fully saturated rings. The van der Waals surface area contributed by atoms with Crippen molar-refractivity contribution in [3.05, 3.63) is 71.5 Å². The molecule has 24 heavy (non-hydrogen) atoms. The second-order valence-electron chi connectivity index (χ2n) is 5.44. The first-order valence-corrected chi connectivity index (χ1v) is 8.53. The number of thiazole rings is 1. The van der Waals surface area contributed by atoms with E-state index in [1.807, 2.05) is 35.7 Å². The smallest absolute Gasteiger partial charge is 0.227 e. The molecule has 0 aliphatic carbocycles. The molecule has 122 valence electrons. The SMILES string of the molecule is CN(C(=O)CCc1csc(-c2ccc(F)cc2)n1)c1ccccc1. The van der Waals surface area contributed by atoms with Crippen LogP contribution in [0.3, 0.4) is 0 Å². The van der Waals surface area contributed by atoms with E-state index in [-0.39, 0.29) is 11.7 Å². The number of hydrogen-bond acceptors (Lipinski definition) is 3. The van der Waals surface area contributed by atoms with Crippen LogP contribution in [0, 0.1) is 5.82 Å². The standard InChI is InChI=1S/C19H17FN2OS/c1-22(17-5-3-2-4-6-17)18(23)12-11-16-13-24-19(21-16)14-7-9-15(20)10-8-14/h2-10,13H,11-12H2,1H3. The molecule has 1 aromatic heterocycles. The highest BCUT2D eigenvalue weighted by Crippen LogP contribution is 2.24. The molecule has 0 spiro atoms. The molecule has 3 aromatic rings. The van der Waals surface area contributed by atoms with Gasteiger partial charge in [0.15, 0.2) is 0 Å². The van der Waals surface area contributed by atoms with Gasteiger partial charge in [0.1, 0.15) is 10.8 Å². The largest absolute Gasteiger partial charge is 0.315 e. The van der Waals surface area contributed by atoms with Gasteiger partial charge < -0.3 is 4.90 Å². The van der Waals surface area contributed by atoms with Gasteiger partial charge in [-0.1, -0.05) is 18.2 Å². The van der Waals surface area contributed by atoms with E-state index in [4.69, 9.17) is 0 Å². The fourth-order valence-corrected chi connectivity index (χ4v) is 3.21. The molecule has 0 N–H and O–H groups in total. The Hall–Kier alpha value is -2.53. The second kappa shape index (κ2) is 7.36. The second-order valence-corrected chi connectivity index (χ2v) is 6.30. The molecule has 0 aliphatic heterocycles. The third-order valence-corrected chi connectivity index (χ3v) is 4.70. The Bertz CT molecular complexity index is 815. The van der Waals surface area contributed by atoms with Crippen molar-refractivity contribution in [2.45, 2.75) is 12.8 Å². The van der Waals surface area contributed by atoms with Gasteiger partial charge in [0.25, 0.3) is 0 Å². The van der Waals surface area contributed by atoms with Crippen molar-refractivity contribution in [2.24, 2.45) is 0 Å². The molecule has 0 aliphatic rings. The third-order valence-electron chi connectivity index (χ3n) is 3.76. The van der Waals surface area contributed by atoms with Crippen LogP contribution < -0.4 is 4.90 Å². The lowest BCUT2D eigenvalue weighted by Gasteiger charge is -2.16. The van der Waals surface area contributed by atoms with Crippen LogP contribution in [0.5, 0.6) is 0 Å². The van der Waals surface area contributed by atoms with Crippen LogP contribution in [0.4, 0.5) is 10.1 Å². The van der Waals surface area contributed by atoms with E-state index >= 15 is 0 Å². The maximum absolute atomic E-state index is 13.0. The van der Waals surface area contributed by atoms with E-state index in [0.717, 1.165) is 22.0 Å². The summed E-state index contributed by atoms with van der Waals surface area (Å²) in [5.74, 6) is -0.206. The van der Waals surface area contributed by atoms with Crippen molar-refractivity contribution < 1.29 is 9.18 Å². The molecule has 0 saturated carbocycles. The van der Waals surface area contributed by atoms with Gasteiger partial charge in [-0.3, -0.25) is 4.79 Å². The lowest BCUT2D eigenvalue weighted by molar-refractivity contribution is -0.118. The van der Waals surface area contributed by atoms with Crippen LogP contribution in [0.15, 0.2) is 60.0 Å². The maximum atomic E-state index is 13.0. The van der Waals surface area contributed by atoms with E-state index in [0.29, 0.717) is 12.8 Å². The Balaban J connectivity index is 1.61. The van der Waals surface area contributed by atoms with Gasteiger partial charge in [0.05, 0.1) is 5.69 Å². The number of amides is 1. The van der Waals surface area contributed by atoms with Crippen molar-refractivity contribution in [1.82, 2.24) is 4.98 Å². The maximum Gasteiger partial charge on any atom is 0.227 e. The van der Waals surface area contributed by atoms with Gasteiger partial charge in [-0.2, -0.15) is 0 Å². The number of benzene rings is 2. The average molecular weight is 340 g/mol. The quantitative estimate of drug-likeness (QED) is 0.683. The van der Waals surface area contributed by atoms with Crippen molar-refractivity contribution >= 4 is 22.9 Å². The van der Waals surface area contributed by atoms with E-state index in [9.17, 15) is 9.18 Å². The van der Waals surface area contributed by atoms with Gasteiger partial charge in [0, 0.05) is 30.1 Å². The van der Waals surface area contributed by atoms with Crippen LogP contribution >= 0.6 is 11.3 Å². The monoisotopic (exact) mass is 340 g/mol. The molecule has 2 aromatic carbocycles. The van der Waals surface area contributed by atoms with Crippen LogP contribution in [0.1, 0.15) is 12.1 Å². The Morgan fingerprint density at radius 2 is 1.83 bits per heavy atom. The minimum Gasteiger partial charge on any atom is -0.315 e. The summed E-state index contributed by atoms with van der Waals surface area (Å²) < 4.78 is 13.0. The predicted molar refractivity (Wildman–Crippen MR) is 95.7 cm³/mol. The zero-order valence-electron chi connectivity index (χ0n) is 13.3. The first-order chi connectivity index (χ1) is 11.6. The van der Waals surface area contributed by atoms with Crippen LogP contribution in [0.2, 0.25) is 0 Å². The van der Waals surface area contributed by atoms with E-state index in [1.54, 1.807) is 24.1 Å². The Morgan fingerprint density at radius 1 is 1.12 bits per heavy atom. The number of aryl methyl sites for hydroxylation is 1. The van der Waals surface area contributed by atoms with Gasteiger partial charge in [-0.15, -0.1) is 11.3 Å². The summed E-state index contributed by atoms with van der Waals surface area (Å²) >= 11 is 1.51. The number of carbonyl (C=O) groups is 1. The molecule has 0 bridgehead atoms. The Labute approximate surface area is 144 Å². The summed E-state index contributed by atoms with van der Waals surface area (Å²) in [6, 6.07) is 15.8. The Kier molecular flexibility index (Phi) is 5.01. The molecule has 1 amide bonds. The molecule has 0 unspecified atom stereocenters. The highest BCUT2D eigenvalue weighted by molar-refractivity contribution is 7.13. The van der Waals surface area contributed by atoms with Crippen LogP contribution in [-0.2, 0) is 11.2 Å². The molecule has 0 radical (unpaired) electrons. The number of anilines is 1. The summed E-state index contributed by atoms with van der Waals surface area (Å²) in [5.41, 5.74) is 2.65. The van der Waals surface area contributed by atoms with E-state index in [2.05, 4.69) is 4.98 Å². The van der Waals surface area contributed by atoms with E-state index < -0.39 is 0 Å². The highest BCUT2D eigenvalue weighted by atomic mass is 32.1. The van der Waals surface area contributed by atoms with Crippen molar-refractivity contribution in [2.75, 3.05) is 11.9 Å². The average Bonchev–Trinajstić information content (AvgIpc) is 3.09. The first kappa shape index (κ1) is 16.3. The molecule has 3 rings (SSSR count). The lowest BCUT2D eigenvalue weighted by Crippen LogP contribution is -2.26. The molecular formula is C19H17FN2OS. The lowest BCUT2D eigenvalue weighted by atomic mass is 10.2. The summed E-state index contributed by atoms with van der Waals surface area (Å²) in [6.45, 7) is 0. The van der Waals surface area contributed by atoms with Crippen molar-refractivity contribution in [1.29, 1.82) is 0 Å². The topological polar surface area (TPSA) is 33.2 Å². The molecule has 0 saturated heterocycles. The minimum atomic E-state index is -0.259. The van der Waals surface area contributed by atoms with Crippen molar-refractivity contribution in [3.8, 4) is 10.6 Å². The summed E-state index contributed by atoms with van der Waals surface area (Å²) in [6.07, 6.45) is 0.992. The number of aromatic nitrogens is 1. The third kappa shape index (κ3) is 3.86. The number of para-hydroxylation sites is 1. The number of carbonyl (C=O) groups excluding carboxylic acids is 1. The van der Waals surface area contributed by atoms with E-state index in [1.165, 1.54) is 23.5 Å². The van der Waals surface area contributed by atoms with Gasteiger partial charge in [0.2, 0.25) is 5.91 Å². The fraction of sp³-hybridized carbons (Fsp3) is 0.158. The molecule has 5 heteroatoms. The van der Waals surface area contributed by atoms with Gasteiger partial charge in [-0.05, 0) is 42.8 Å². The van der Waals surface area contributed by atoms with Gasteiger partial charge in [-0.25, -0.2) is 9.37 Å². The molecule has 3 nitrogen and oxygen atoms in total. The number of nitrogens with zero attached hydrogens (tertiary/aromatic N) is 2. The minimum absolute atomic E-state index is 0.0533. The number of hydrogen-bond donors (Lipinski definition) is 0. The fourth-order valence-electron chi connectivity index (χ4n) is 2.35. The Morgan fingerprint density at radius 3 is 2.54 bits per heavy atom. The zero-order valence-corrected chi connectivity index (χ0v) is 14.1. The predicted octanol–water partition coefficient (Wildman–Crippen LogP) is 4.54. The zero-order chi connectivity index (χ0) is 16.9. The normalized spacial score (nSPS) is 10.6. The number of halogens is 1. The van der Waals surface area contributed by atoms with Crippen LogP contribution in [-0.4, -0.2) is 17.9 Å². The van der Waals surface area contributed by atoms with Crippen molar-refractivity contribution in [3.63, 3.8) is 0 Å². The number of rotatable bonds is 5. The summed E-state index contributed by atoms with van der Waals surface area (Å²) in [5, 5.41) is 2.79. The summed E-state index contributed by atoms with van der Waals surface area (Å²) in [7, 11) is 1.78.